The van der Waals surface area contributed by atoms with Gasteiger partial charge in [0.1, 0.15) is 0 Å². The van der Waals surface area contributed by atoms with Crippen molar-refractivity contribution in [3.8, 4) is 11.3 Å². The fourth-order valence-corrected chi connectivity index (χ4v) is 10.0. The molecule has 0 aliphatic rings. The van der Waals surface area contributed by atoms with Crippen LogP contribution in [0.5, 0.6) is 0 Å². The normalized spacial score (nSPS) is 12.0. The van der Waals surface area contributed by atoms with Crippen LogP contribution in [0, 0.1) is 5.82 Å². The third-order valence-electron chi connectivity index (χ3n) is 5.96. The fraction of sp³-hybridized carbons (Fsp3) is 0.520. The van der Waals surface area contributed by atoms with Crippen molar-refractivity contribution < 1.29 is 4.39 Å². The summed E-state index contributed by atoms with van der Waals surface area (Å²) in [7, 11) is 0. The number of hydrogen-bond donors (Lipinski definition) is 0. The molecule has 0 spiro atoms. The molecule has 2 aromatic heterocycles. The standard InChI is InChI=1S/C13H27.C12H7FN3.Sn/c1-4-7-10-13(11-8-5-2)12-9-6-3;13-10-3-1-9(2-4-10)11-8-16-6-5-14-7-12(16)15-11;/h4-12H2,1-3H3;1-7H;. The van der Waals surface area contributed by atoms with E-state index in [1.165, 1.54) is 61.5 Å². The molecule has 3 nitrogen and oxygen atoms in total. The molecule has 1 aromatic carbocycles. The molecule has 2 radical (unpaired) electrons. The van der Waals surface area contributed by atoms with Crippen LogP contribution in [-0.2, 0) is 0 Å². The Kier molecular flexibility index (Phi) is 8.72. The van der Waals surface area contributed by atoms with Gasteiger partial charge in [0.05, 0.1) is 0 Å². The minimum atomic E-state index is -1.02. The molecule has 0 amide bonds. The van der Waals surface area contributed by atoms with Crippen molar-refractivity contribution in [2.75, 3.05) is 0 Å². The summed E-state index contributed by atoms with van der Waals surface area (Å²) < 4.78 is 17.7. The average molecular weight is 514 g/mol. The minimum absolute atomic E-state index is 0.200. The molecule has 0 unspecified atom stereocenters. The third kappa shape index (κ3) is 5.63. The number of benzene rings is 1. The number of imidazole rings is 1. The van der Waals surface area contributed by atoms with Crippen LogP contribution in [0.1, 0.15) is 78.6 Å². The molecule has 30 heavy (non-hydrogen) atoms. The number of unbranched alkanes of at least 4 members (excludes halogenated alkanes) is 3. The zero-order valence-corrected chi connectivity index (χ0v) is 21.5. The maximum atomic E-state index is 13.6. The van der Waals surface area contributed by atoms with Gasteiger partial charge in [-0.15, -0.1) is 0 Å². The van der Waals surface area contributed by atoms with E-state index in [1.807, 2.05) is 24.5 Å². The first-order valence-corrected chi connectivity index (χ1v) is 14.3. The van der Waals surface area contributed by atoms with Gasteiger partial charge in [-0.1, -0.05) is 0 Å². The van der Waals surface area contributed by atoms with Gasteiger partial charge in [0.15, 0.2) is 0 Å². The summed E-state index contributed by atoms with van der Waals surface area (Å²) in [6.45, 7) is 6.91. The Morgan fingerprint density at radius 3 is 2.10 bits per heavy atom. The number of hydrogen-bond acceptors (Lipinski definition) is 2. The fourth-order valence-electron chi connectivity index (χ4n) is 4.19. The van der Waals surface area contributed by atoms with E-state index in [0.717, 1.165) is 16.9 Å². The summed E-state index contributed by atoms with van der Waals surface area (Å²) in [5.41, 5.74) is 2.97. The number of aromatic nitrogens is 3. The summed E-state index contributed by atoms with van der Waals surface area (Å²) in [5, 5.41) is 0. The second-order valence-electron chi connectivity index (χ2n) is 8.34. The molecule has 0 aliphatic heterocycles. The van der Waals surface area contributed by atoms with Crippen molar-refractivity contribution in [1.29, 1.82) is 0 Å². The molecular weight excluding hydrogens is 480 g/mol. The van der Waals surface area contributed by atoms with Crippen LogP contribution in [0.15, 0.2) is 42.9 Å². The van der Waals surface area contributed by atoms with E-state index in [1.54, 1.807) is 12.1 Å². The Morgan fingerprint density at radius 1 is 0.933 bits per heavy atom. The molecule has 2 heterocycles. The summed E-state index contributed by atoms with van der Waals surface area (Å²) in [6.07, 6.45) is 17.4. The Hall–Kier alpha value is -1.43. The van der Waals surface area contributed by atoms with Gasteiger partial charge in [0, 0.05) is 0 Å². The van der Waals surface area contributed by atoms with Crippen molar-refractivity contribution in [3.05, 3.63) is 48.7 Å². The molecule has 160 valence electrons. The Bertz CT molecular complexity index is 898. The number of halogens is 1. The first-order chi connectivity index (χ1) is 14.6. The van der Waals surface area contributed by atoms with Crippen molar-refractivity contribution in [2.45, 2.75) is 82.0 Å². The predicted molar refractivity (Wildman–Crippen MR) is 125 cm³/mol. The number of rotatable bonds is 12. The third-order valence-corrected chi connectivity index (χ3v) is 11.7. The van der Waals surface area contributed by atoms with Crippen LogP contribution >= 0.6 is 0 Å². The van der Waals surface area contributed by atoms with Crippen LogP contribution in [0.25, 0.3) is 16.9 Å². The van der Waals surface area contributed by atoms with Crippen LogP contribution in [0.3, 0.4) is 0 Å². The second kappa shape index (κ2) is 11.3. The Balaban J connectivity index is 2.08. The molecule has 5 heteroatoms. The van der Waals surface area contributed by atoms with Crippen molar-refractivity contribution in [2.24, 2.45) is 0 Å². The summed E-state index contributed by atoms with van der Waals surface area (Å²) in [4.78, 5) is 9.25. The SMILES string of the molecule is CCCC[C](CCCC)(CCCC)[Sn][c]1c(-c2ccc(F)cc2)nc2cnccn12. The molecular formula is C25H34FN3Sn. The van der Waals surface area contributed by atoms with E-state index in [0.29, 0.717) is 3.43 Å². The molecule has 0 aliphatic carbocycles. The van der Waals surface area contributed by atoms with Crippen LogP contribution in [0.4, 0.5) is 4.39 Å². The summed E-state index contributed by atoms with van der Waals surface area (Å²) in [5.74, 6) is -0.200. The monoisotopic (exact) mass is 515 g/mol. The second-order valence-corrected chi connectivity index (χ2v) is 13.4. The van der Waals surface area contributed by atoms with Gasteiger partial charge in [-0.05, 0) is 0 Å². The molecule has 0 saturated heterocycles. The van der Waals surface area contributed by atoms with Crippen molar-refractivity contribution in [1.82, 2.24) is 14.4 Å². The van der Waals surface area contributed by atoms with E-state index in [4.69, 9.17) is 4.98 Å². The zero-order valence-electron chi connectivity index (χ0n) is 18.6. The molecule has 0 atom stereocenters. The molecule has 0 saturated carbocycles. The molecule has 3 aromatic rings. The molecule has 3 rings (SSSR count). The Labute approximate surface area is 190 Å². The molecule has 0 N–H and O–H groups in total. The number of nitrogens with zero attached hydrogens (tertiary/aromatic N) is 3. The van der Waals surface area contributed by atoms with Crippen LogP contribution in [-0.4, -0.2) is 35.5 Å². The first kappa shape index (κ1) is 23.2. The van der Waals surface area contributed by atoms with Gasteiger partial charge < -0.3 is 0 Å². The molecule has 0 bridgehead atoms. The van der Waals surface area contributed by atoms with E-state index in [2.05, 4.69) is 36.4 Å². The summed E-state index contributed by atoms with van der Waals surface area (Å²) >= 11 is -1.02. The van der Waals surface area contributed by atoms with Gasteiger partial charge >= 0.3 is 191 Å². The quantitative estimate of drug-likeness (QED) is 0.255. The summed E-state index contributed by atoms with van der Waals surface area (Å²) in [6, 6.07) is 6.84. The van der Waals surface area contributed by atoms with Crippen molar-refractivity contribution >= 4 is 30.5 Å². The topological polar surface area (TPSA) is 30.2 Å². The van der Waals surface area contributed by atoms with Gasteiger partial charge in [-0.2, -0.15) is 0 Å². The van der Waals surface area contributed by atoms with Crippen LogP contribution in [0.2, 0.25) is 3.43 Å². The maximum absolute atomic E-state index is 13.6. The molecule has 0 fully saturated rings. The zero-order chi connectivity index (χ0) is 21.4. The van der Waals surface area contributed by atoms with E-state index >= 15 is 0 Å². The average Bonchev–Trinajstić information content (AvgIpc) is 3.13. The Morgan fingerprint density at radius 2 is 1.53 bits per heavy atom. The number of fused-ring (bicyclic) bond motifs is 1. The van der Waals surface area contributed by atoms with Gasteiger partial charge in [-0.25, -0.2) is 0 Å². The van der Waals surface area contributed by atoms with E-state index in [9.17, 15) is 4.39 Å². The first-order valence-electron chi connectivity index (χ1n) is 11.5. The van der Waals surface area contributed by atoms with Gasteiger partial charge in [0.2, 0.25) is 0 Å². The van der Waals surface area contributed by atoms with Crippen molar-refractivity contribution in [3.63, 3.8) is 0 Å². The van der Waals surface area contributed by atoms with Gasteiger partial charge in [0.25, 0.3) is 0 Å². The predicted octanol–water partition coefficient (Wildman–Crippen LogP) is 6.59. The van der Waals surface area contributed by atoms with Gasteiger partial charge in [-0.3, -0.25) is 0 Å². The van der Waals surface area contributed by atoms with Crippen LogP contribution < -0.4 is 3.71 Å². The van der Waals surface area contributed by atoms with E-state index in [-0.39, 0.29) is 5.82 Å². The van der Waals surface area contributed by atoms with E-state index < -0.39 is 21.1 Å².